The molecule has 2 aromatic heterocycles. The Bertz CT molecular complexity index is 1430. The summed E-state index contributed by atoms with van der Waals surface area (Å²) in [5.74, 6) is 1.27. The number of hydrogen-bond acceptors (Lipinski definition) is 8. The van der Waals surface area contributed by atoms with Crippen molar-refractivity contribution in [2.75, 3.05) is 11.3 Å². The summed E-state index contributed by atoms with van der Waals surface area (Å²) in [6.45, 7) is 2.45. The number of nitrogens with one attached hydrogen (secondary N) is 1. The second-order valence-electron chi connectivity index (χ2n) is 7.47. The number of anilines is 1. The molecule has 2 heterocycles. The summed E-state index contributed by atoms with van der Waals surface area (Å²) in [4.78, 5) is 16.7. The van der Waals surface area contributed by atoms with E-state index >= 15 is 0 Å². The molecule has 0 unspecified atom stereocenters. The molecule has 0 bridgehead atoms. The second kappa shape index (κ2) is 7.83. The highest BCUT2D eigenvalue weighted by Crippen LogP contribution is 2.38. The summed E-state index contributed by atoms with van der Waals surface area (Å²) in [6, 6.07) is 10.8. The largest absolute Gasteiger partial charge is 0.494 e. The van der Waals surface area contributed by atoms with Gasteiger partial charge in [-0.05, 0) is 56.2 Å². The van der Waals surface area contributed by atoms with E-state index in [1.807, 2.05) is 6.92 Å². The van der Waals surface area contributed by atoms with Crippen LogP contribution >= 0.6 is 0 Å². The van der Waals surface area contributed by atoms with Gasteiger partial charge < -0.3 is 13.7 Å². The topological polar surface area (TPSA) is 129 Å². The highest BCUT2D eigenvalue weighted by Gasteiger charge is 2.29. The highest BCUT2D eigenvalue weighted by atomic mass is 32.2. The van der Waals surface area contributed by atoms with E-state index in [4.69, 9.17) is 13.7 Å². The highest BCUT2D eigenvalue weighted by molar-refractivity contribution is 7.92. The molecule has 11 heteroatoms. The molecule has 1 fully saturated rings. The monoisotopic (exact) mass is 456 g/mol. The van der Waals surface area contributed by atoms with Crippen LogP contribution in [0.4, 0.5) is 5.69 Å². The third-order valence-electron chi connectivity index (χ3n) is 5.08. The van der Waals surface area contributed by atoms with Crippen molar-refractivity contribution in [3.05, 3.63) is 64.7 Å². The Morgan fingerprint density at radius 1 is 1.19 bits per heavy atom. The molecule has 1 aliphatic carbocycles. The number of rotatable bonds is 8. The number of oxazole rings is 1. The summed E-state index contributed by atoms with van der Waals surface area (Å²) in [5, 5.41) is 3.92. The van der Waals surface area contributed by atoms with Crippen LogP contribution in [0.2, 0.25) is 0 Å². The van der Waals surface area contributed by atoms with E-state index in [2.05, 4.69) is 14.9 Å². The molecule has 5 rings (SSSR count). The first-order valence-electron chi connectivity index (χ1n) is 10.1. The first kappa shape index (κ1) is 20.3. The molecular formula is C21H20N4O6S. The third-order valence-corrected chi connectivity index (χ3v) is 6.46. The Kier molecular flexibility index (Phi) is 4.97. The lowest BCUT2D eigenvalue weighted by atomic mass is 10.3. The van der Waals surface area contributed by atoms with Crippen molar-refractivity contribution in [1.82, 2.24) is 14.7 Å². The van der Waals surface area contributed by atoms with Crippen LogP contribution in [0.25, 0.3) is 11.1 Å². The predicted octanol–water partition coefficient (Wildman–Crippen LogP) is 3.10. The standard InChI is InChI=1S/C21H20N4O6S/c1-2-29-15-7-5-14(6-8-15)24-32(27,28)16-9-10-17-18(11-16)30-21(26)25(17)12-19-22-20(31-23-19)13-3-4-13/h5-11,13,24H,2-4,12H2,1H3. The van der Waals surface area contributed by atoms with E-state index in [-0.39, 0.29) is 17.0 Å². The normalized spacial score (nSPS) is 14.0. The van der Waals surface area contributed by atoms with E-state index in [1.54, 1.807) is 24.3 Å². The van der Waals surface area contributed by atoms with Crippen LogP contribution < -0.4 is 15.2 Å². The molecule has 0 aliphatic heterocycles. The second-order valence-corrected chi connectivity index (χ2v) is 9.15. The molecule has 0 saturated heterocycles. The van der Waals surface area contributed by atoms with Crippen LogP contribution in [0.3, 0.4) is 0 Å². The molecule has 10 nitrogen and oxygen atoms in total. The first-order valence-corrected chi connectivity index (χ1v) is 11.6. The summed E-state index contributed by atoms with van der Waals surface area (Å²) >= 11 is 0. The molecule has 0 atom stereocenters. The van der Waals surface area contributed by atoms with Gasteiger partial charge in [-0.1, -0.05) is 5.16 Å². The fourth-order valence-corrected chi connectivity index (χ4v) is 4.41. The average Bonchev–Trinajstić information content (AvgIpc) is 3.43. The fourth-order valence-electron chi connectivity index (χ4n) is 3.33. The van der Waals surface area contributed by atoms with Crippen molar-refractivity contribution in [3.8, 4) is 5.75 Å². The zero-order chi connectivity index (χ0) is 22.3. The van der Waals surface area contributed by atoms with E-state index in [0.717, 1.165) is 12.8 Å². The van der Waals surface area contributed by atoms with Gasteiger partial charge >= 0.3 is 5.76 Å². The summed E-state index contributed by atoms with van der Waals surface area (Å²) in [6.07, 6.45) is 2.05. The maximum atomic E-state index is 12.8. The molecule has 4 aromatic rings. The lowest BCUT2D eigenvalue weighted by Crippen LogP contribution is -2.15. The number of aromatic nitrogens is 3. The zero-order valence-electron chi connectivity index (χ0n) is 17.1. The van der Waals surface area contributed by atoms with Crippen molar-refractivity contribution in [2.24, 2.45) is 0 Å². The molecule has 32 heavy (non-hydrogen) atoms. The van der Waals surface area contributed by atoms with Crippen LogP contribution in [-0.2, 0) is 16.6 Å². The number of ether oxygens (including phenoxy) is 1. The van der Waals surface area contributed by atoms with E-state index in [9.17, 15) is 13.2 Å². The molecule has 1 aliphatic rings. The van der Waals surface area contributed by atoms with E-state index < -0.39 is 15.8 Å². The molecule has 1 saturated carbocycles. The number of sulfonamides is 1. The predicted molar refractivity (Wildman–Crippen MR) is 114 cm³/mol. The van der Waals surface area contributed by atoms with E-state index in [0.29, 0.717) is 41.2 Å². The maximum absolute atomic E-state index is 12.8. The smallest absolute Gasteiger partial charge is 0.420 e. The van der Waals surface area contributed by atoms with Crippen LogP contribution in [0.5, 0.6) is 5.75 Å². The molecule has 0 spiro atoms. The zero-order valence-corrected chi connectivity index (χ0v) is 18.0. The Hall–Kier alpha value is -3.60. The number of nitrogens with zero attached hydrogens (tertiary/aromatic N) is 3. The van der Waals surface area contributed by atoms with Gasteiger partial charge in [-0.3, -0.25) is 9.29 Å². The maximum Gasteiger partial charge on any atom is 0.420 e. The quantitative estimate of drug-likeness (QED) is 0.428. The van der Waals surface area contributed by atoms with Crippen LogP contribution in [0, 0.1) is 0 Å². The first-order chi connectivity index (χ1) is 15.4. The SMILES string of the molecule is CCOc1ccc(NS(=O)(=O)c2ccc3c(c2)oc(=O)n3Cc2noc(C3CC3)n2)cc1. The lowest BCUT2D eigenvalue weighted by molar-refractivity contribution is 0.340. The summed E-state index contributed by atoms with van der Waals surface area (Å²) < 4.78 is 45.3. The van der Waals surface area contributed by atoms with Gasteiger partial charge in [-0.15, -0.1) is 0 Å². The van der Waals surface area contributed by atoms with Gasteiger partial charge in [0.2, 0.25) is 5.89 Å². The number of benzene rings is 2. The van der Waals surface area contributed by atoms with Crippen LogP contribution in [0.1, 0.15) is 37.4 Å². The van der Waals surface area contributed by atoms with Gasteiger partial charge in [0.05, 0.1) is 23.6 Å². The van der Waals surface area contributed by atoms with Crippen molar-refractivity contribution < 1.29 is 22.1 Å². The Balaban J connectivity index is 1.39. The van der Waals surface area contributed by atoms with Crippen molar-refractivity contribution in [2.45, 2.75) is 37.1 Å². The van der Waals surface area contributed by atoms with Gasteiger partial charge in [0.25, 0.3) is 10.0 Å². The average molecular weight is 456 g/mol. The minimum atomic E-state index is -3.89. The molecule has 0 radical (unpaired) electrons. The molecule has 166 valence electrons. The van der Waals surface area contributed by atoms with E-state index in [1.165, 1.54) is 22.8 Å². The molecule has 1 N–H and O–H groups in total. The van der Waals surface area contributed by atoms with Gasteiger partial charge in [0.1, 0.15) is 5.75 Å². The van der Waals surface area contributed by atoms with Crippen molar-refractivity contribution in [1.29, 1.82) is 0 Å². The molecule has 0 amide bonds. The summed E-state index contributed by atoms with van der Waals surface area (Å²) in [5.41, 5.74) is 0.972. The number of fused-ring (bicyclic) bond motifs is 1. The Morgan fingerprint density at radius 3 is 2.69 bits per heavy atom. The van der Waals surface area contributed by atoms with Crippen LogP contribution in [0.15, 0.2) is 61.1 Å². The lowest BCUT2D eigenvalue weighted by Gasteiger charge is -2.09. The Morgan fingerprint density at radius 2 is 1.97 bits per heavy atom. The number of hydrogen-bond donors (Lipinski definition) is 1. The molecular weight excluding hydrogens is 436 g/mol. The third kappa shape index (κ3) is 3.98. The minimum absolute atomic E-state index is 0.0321. The van der Waals surface area contributed by atoms with Gasteiger partial charge in [-0.25, -0.2) is 13.2 Å². The summed E-state index contributed by atoms with van der Waals surface area (Å²) in [7, 11) is -3.89. The van der Waals surface area contributed by atoms with Gasteiger partial charge in [0.15, 0.2) is 11.4 Å². The van der Waals surface area contributed by atoms with Gasteiger partial charge in [0, 0.05) is 17.7 Å². The van der Waals surface area contributed by atoms with Crippen molar-refractivity contribution >= 4 is 26.8 Å². The fraction of sp³-hybridized carbons (Fsp3) is 0.286. The van der Waals surface area contributed by atoms with Gasteiger partial charge in [-0.2, -0.15) is 4.98 Å². The minimum Gasteiger partial charge on any atom is -0.494 e. The molecule has 2 aromatic carbocycles. The van der Waals surface area contributed by atoms with Crippen LogP contribution in [-0.4, -0.2) is 29.7 Å². The van der Waals surface area contributed by atoms with Crippen molar-refractivity contribution in [3.63, 3.8) is 0 Å². The Labute approximate surface area is 182 Å².